The van der Waals surface area contributed by atoms with E-state index < -0.39 is 0 Å². The summed E-state index contributed by atoms with van der Waals surface area (Å²) >= 11 is 1.62. The van der Waals surface area contributed by atoms with Crippen molar-refractivity contribution in [1.29, 1.82) is 0 Å². The molecule has 1 aromatic carbocycles. The summed E-state index contributed by atoms with van der Waals surface area (Å²) < 4.78 is 11.0. The number of rotatable bonds is 6. The zero-order valence-electron chi connectivity index (χ0n) is 16.8. The predicted molar refractivity (Wildman–Crippen MR) is 119 cm³/mol. The van der Waals surface area contributed by atoms with E-state index in [1.54, 1.807) is 22.5 Å². The Labute approximate surface area is 182 Å². The van der Waals surface area contributed by atoms with E-state index in [-0.39, 0.29) is 5.91 Å². The number of fused-ring (bicyclic) bond motifs is 1. The topological polar surface area (TPSA) is 72.4 Å². The Hall–Kier alpha value is -3.71. The highest BCUT2D eigenvalue weighted by Gasteiger charge is 2.25. The molecule has 0 aliphatic heterocycles. The fourth-order valence-electron chi connectivity index (χ4n) is 3.57. The highest BCUT2D eigenvalue weighted by molar-refractivity contribution is 7.09. The minimum Gasteiger partial charge on any atom is -0.467 e. The Morgan fingerprint density at radius 1 is 1.06 bits per heavy atom. The Bertz CT molecular complexity index is 1270. The third kappa shape index (κ3) is 3.87. The molecule has 0 saturated heterocycles. The minimum atomic E-state index is -0.124. The first kappa shape index (κ1) is 19.3. The molecule has 4 heterocycles. The van der Waals surface area contributed by atoms with Crippen molar-refractivity contribution in [2.75, 3.05) is 0 Å². The van der Waals surface area contributed by atoms with Gasteiger partial charge in [0, 0.05) is 10.4 Å². The van der Waals surface area contributed by atoms with Crippen LogP contribution in [0.15, 0.2) is 81.2 Å². The first-order valence-electron chi connectivity index (χ1n) is 9.85. The number of furan rings is 1. The lowest BCUT2D eigenvalue weighted by atomic mass is 10.0. The summed E-state index contributed by atoms with van der Waals surface area (Å²) in [5.41, 5.74) is 3.09. The van der Waals surface area contributed by atoms with Gasteiger partial charge in [-0.15, -0.1) is 11.3 Å². The number of carbonyl (C=O) groups is 1. The summed E-state index contributed by atoms with van der Waals surface area (Å²) in [6, 6.07) is 19.3. The first-order chi connectivity index (χ1) is 15.2. The molecule has 5 rings (SSSR count). The van der Waals surface area contributed by atoms with Crippen LogP contribution in [0.1, 0.15) is 26.7 Å². The van der Waals surface area contributed by atoms with Crippen LogP contribution in [-0.2, 0) is 13.1 Å². The lowest BCUT2D eigenvalue weighted by molar-refractivity contribution is 0.0721. The van der Waals surface area contributed by atoms with Gasteiger partial charge in [-0.1, -0.05) is 41.6 Å². The maximum atomic E-state index is 13.8. The first-order valence-corrected chi connectivity index (χ1v) is 10.7. The molecule has 6 nitrogen and oxygen atoms in total. The van der Waals surface area contributed by atoms with Gasteiger partial charge in [-0.25, -0.2) is 4.98 Å². The molecule has 0 aliphatic rings. The number of hydrogen-bond donors (Lipinski definition) is 0. The van der Waals surface area contributed by atoms with Gasteiger partial charge in [0.15, 0.2) is 0 Å². The number of aromatic nitrogens is 2. The molecule has 0 atom stereocenters. The van der Waals surface area contributed by atoms with Crippen molar-refractivity contribution in [3.63, 3.8) is 0 Å². The van der Waals surface area contributed by atoms with E-state index in [0.29, 0.717) is 41.1 Å². The van der Waals surface area contributed by atoms with Crippen molar-refractivity contribution in [3.05, 3.63) is 94.2 Å². The minimum absolute atomic E-state index is 0.124. The van der Waals surface area contributed by atoms with Gasteiger partial charge in [0.25, 0.3) is 11.6 Å². The predicted octanol–water partition coefficient (Wildman–Crippen LogP) is 5.70. The number of aryl methyl sites for hydroxylation is 1. The SMILES string of the molecule is Cc1noc2nc(-c3ccccc3)cc(C(=O)N(Cc3ccco3)Cc3cccs3)c12. The van der Waals surface area contributed by atoms with Gasteiger partial charge in [0.1, 0.15) is 5.76 Å². The van der Waals surface area contributed by atoms with Crippen molar-refractivity contribution in [1.82, 2.24) is 15.0 Å². The van der Waals surface area contributed by atoms with Crippen molar-refractivity contribution >= 4 is 28.3 Å². The van der Waals surface area contributed by atoms with E-state index in [9.17, 15) is 4.79 Å². The van der Waals surface area contributed by atoms with Crippen LogP contribution in [-0.4, -0.2) is 20.9 Å². The van der Waals surface area contributed by atoms with Crippen LogP contribution in [0.3, 0.4) is 0 Å². The monoisotopic (exact) mass is 429 g/mol. The van der Waals surface area contributed by atoms with Crippen LogP contribution in [0.25, 0.3) is 22.4 Å². The van der Waals surface area contributed by atoms with Crippen LogP contribution in [0.4, 0.5) is 0 Å². The lowest BCUT2D eigenvalue weighted by Crippen LogP contribution is -2.30. The summed E-state index contributed by atoms with van der Waals surface area (Å²) in [7, 11) is 0. The van der Waals surface area contributed by atoms with Crippen molar-refractivity contribution in [2.45, 2.75) is 20.0 Å². The Morgan fingerprint density at radius 2 is 1.94 bits per heavy atom. The number of nitrogens with zero attached hydrogens (tertiary/aromatic N) is 3. The highest BCUT2D eigenvalue weighted by atomic mass is 32.1. The van der Waals surface area contributed by atoms with E-state index in [4.69, 9.17) is 8.94 Å². The van der Waals surface area contributed by atoms with Gasteiger partial charge >= 0.3 is 0 Å². The lowest BCUT2D eigenvalue weighted by Gasteiger charge is -2.22. The van der Waals surface area contributed by atoms with Crippen molar-refractivity contribution < 1.29 is 13.7 Å². The van der Waals surface area contributed by atoms with E-state index >= 15 is 0 Å². The Kier molecular flexibility index (Phi) is 5.09. The second-order valence-electron chi connectivity index (χ2n) is 7.19. The molecule has 0 saturated carbocycles. The normalized spacial score (nSPS) is 11.1. The van der Waals surface area contributed by atoms with Gasteiger partial charge in [0.05, 0.1) is 41.7 Å². The fraction of sp³-hybridized carbons (Fsp3) is 0.125. The van der Waals surface area contributed by atoms with Gasteiger partial charge < -0.3 is 13.8 Å². The highest BCUT2D eigenvalue weighted by Crippen LogP contribution is 2.29. The molecule has 31 heavy (non-hydrogen) atoms. The fourth-order valence-corrected chi connectivity index (χ4v) is 4.29. The maximum Gasteiger partial charge on any atom is 0.259 e. The molecular formula is C24H19N3O3S. The largest absolute Gasteiger partial charge is 0.467 e. The molecule has 0 bridgehead atoms. The van der Waals surface area contributed by atoms with Crippen molar-refractivity contribution in [2.24, 2.45) is 0 Å². The third-order valence-electron chi connectivity index (χ3n) is 5.06. The molecule has 154 valence electrons. The van der Waals surface area contributed by atoms with E-state index in [2.05, 4.69) is 10.1 Å². The van der Waals surface area contributed by atoms with E-state index in [0.717, 1.165) is 16.2 Å². The van der Waals surface area contributed by atoms with Crippen LogP contribution in [0.2, 0.25) is 0 Å². The number of amides is 1. The number of carbonyl (C=O) groups excluding carboxylic acids is 1. The molecule has 0 radical (unpaired) electrons. The van der Waals surface area contributed by atoms with Crippen LogP contribution in [0, 0.1) is 6.92 Å². The molecular weight excluding hydrogens is 410 g/mol. The Morgan fingerprint density at radius 3 is 2.68 bits per heavy atom. The smallest absolute Gasteiger partial charge is 0.259 e. The van der Waals surface area contributed by atoms with Crippen LogP contribution in [0.5, 0.6) is 0 Å². The summed E-state index contributed by atoms with van der Waals surface area (Å²) in [6.45, 7) is 2.66. The van der Waals surface area contributed by atoms with Gasteiger partial charge in [-0.05, 0) is 36.6 Å². The molecule has 0 fully saturated rings. The quantitative estimate of drug-likeness (QED) is 0.346. The third-order valence-corrected chi connectivity index (χ3v) is 5.92. The summed E-state index contributed by atoms with van der Waals surface area (Å²) in [5, 5.41) is 6.71. The molecule has 0 aliphatic carbocycles. The average Bonchev–Trinajstić information content (AvgIpc) is 3.56. The second-order valence-corrected chi connectivity index (χ2v) is 8.22. The Balaban J connectivity index is 1.61. The second kappa shape index (κ2) is 8.20. The zero-order valence-corrected chi connectivity index (χ0v) is 17.6. The summed E-state index contributed by atoms with van der Waals surface area (Å²) in [6.07, 6.45) is 1.62. The molecule has 0 unspecified atom stereocenters. The number of benzene rings is 1. The number of pyridine rings is 1. The standard InChI is InChI=1S/C24H19N3O3S/c1-16-22-20(13-21(25-23(22)30-26-16)17-7-3-2-4-8-17)24(28)27(14-18-9-5-11-29-18)15-19-10-6-12-31-19/h2-13H,14-15H2,1H3. The van der Waals surface area contributed by atoms with Gasteiger partial charge in [-0.2, -0.15) is 0 Å². The van der Waals surface area contributed by atoms with Gasteiger partial charge in [0.2, 0.25) is 0 Å². The van der Waals surface area contributed by atoms with E-state index in [1.165, 1.54) is 0 Å². The number of hydrogen-bond acceptors (Lipinski definition) is 6. The molecule has 4 aromatic heterocycles. The summed E-state index contributed by atoms with van der Waals surface area (Å²) in [5.74, 6) is 0.598. The number of thiophene rings is 1. The zero-order chi connectivity index (χ0) is 21.2. The van der Waals surface area contributed by atoms with Gasteiger partial charge in [-0.3, -0.25) is 4.79 Å². The van der Waals surface area contributed by atoms with E-state index in [1.807, 2.05) is 73.0 Å². The maximum absolute atomic E-state index is 13.8. The molecule has 0 spiro atoms. The molecule has 5 aromatic rings. The average molecular weight is 430 g/mol. The molecule has 1 amide bonds. The van der Waals surface area contributed by atoms with Crippen LogP contribution < -0.4 is 0 Å². The van der Waals surface area contributed by atoms with Crippen molar-refractivity contribution in [3.8, 4) is 11.3 Å². The molecule has 7 heteroatoms. The molecule has 0 N–H and O–H groups in total. The summed E-state index contributed by atoms with van der Waals surface area (Å²) in [4.78, 5) is 21.3. The van der Waals surface area contributed by atoms with Crippen LogP contribution >= 0.6 is 11.3 Å².